The molecule has 11 heavy (non-hydrogen) atoms. The van der Waals surface area contributed by atoms with E-state index in [1.54, 1.807) is 6.08 Å². The monoisotopic (exact) mass is 157 g/mol. The lowest BCUT2D eigenvalue weighted by Gasteiger charge is -2.01. The van der Waals surface area contributed by atoms with E-state index in [4.69, 9.17) is 5.73 Å². The van der Waals surface area contributed by atoms with Crippen molar-refractivity contribution in [2.75, 3.05) is 19.6 Å². The van der Waals surface area contributed by atoms with E-state index >= 15 is 0 Å². The van der Waals surface area contributed by atoms with Gasteiger partial charge in [0.05, 0.1) is 0 Å². The van der Waals surface area contributed by atoms with Crippen molar-refractivity contribution in [2.45, 2.75) is 6.92 Å². The second kappa shape index (κ2) is 7.08. The Hall–Kier alpha value is -1.03. The van der Waals surface area contributed by atoms with Crippen molar-refractivity contribution in [1.82, 2.24) is 10.6 Å². The first kappa shape index (κ1) is 9.97. The van der Waals surface area contributed by atoms with Crippen LogP contribution in [0.1, 0.15) is 6.92 Å². The van der Waals surface area contributed by atoms with Crippen LogP contribution >= 0.6 is 0 Å². The quantitative estimate of drug-likeness (QED) is 0.495. The summed E-state index contributed by atoms with van der Waals surface area (Å²) < 4.78 is 0. The van der Waals surface area contributed by atoms with E-state index in [2.05, 4.69) is 10.6 Å². The van der Waals surface area contributed by atoms with Gasteiger partial charge in [-0.05, 0) is 6.92 Å². The van der Waals surface area contributed by atoms with Crippen LogP contribution in [0.4, 0.5) is 4.79 Å². The SMILES string of the molecule is CCNC(=O)NC/C=C/CN. The molecule has 0 saturated heterocycles. The minimum absolute atomic E-state index is 0.144. The molecule has 0 aliphatic rings. The molecule has 0 fully saturated rings. The Morgan fingerprint density at radius 3 is 2.73 bits per heavy atom. The maximum absolute atomic E-state index is 10.7. The summed E-state index contributed by atoms with van der Waals surface area (Å²) in [6, 6.07) is -0.144. The zero-order chi connectivity index (χ0) is 8.53. The maximum atomic E-state index is 10.7. The first-order valence-electron chi connectivity index (χ1n) is 3.68. The molecule has 0 aromatic carbocycles. The van der Waals surface area contributed by atoms with Crippen LogP contribution in [-0.4, -0.2) is 25.7 Å². The van der Waals surface area contributed by atoms with Gasteiger partial charge >= 0.3 is 6.03 Å². The molecular formula is C7H15N3O. The summed E-state index contributed by atoms with van der Waals surface area (Å²) in [5, 5.41) is 5.23. The van der Waals surface area contributed by atoms with Gasteiger partial charge in [0, 0.05) is 19.6 Å². The molecule has 0 spiro atoms. The van der Waals surface area contributed by atoms with Crippen LogP contribution in [-0.2, 0) is 0 Å². The molecule has 0 heterocycles. The Kier molecular flexibility index (Phi) is 6.42. The minimum Gasteiger partial charge on any atom is -0.338 e. The van der Waals surface area contributed by atoms with Crippen molar-refractivity contribution >= 4 is 6.03 Å². The average molecular weight is 157 g/mol. The highest BCUT2D eigenvalue weighted by atomic mass is 16.2. The highest BCUT2D eigenvalue weighted by Gasteiger charge is 1.91. The largest absolute Gasteiger partial charge is 0.338 e. The maximum Gasteiger partial charge on any atom is 0.315 e. The second-order valence-electron chi connectivity index (χ2n) is 1.95. The van der Waals surface area contributed by atoms with Crippen molar-refractivity contribution in [1.29, 1.82) is 0 Å². The highest BCUT2D eigenvalue weighted by molar-refractivity contribution is 5.73. The molecule has 0 radical (unpaired) electrons. The molecule has 0 aliphatic heterocycles. The topological polar surface area (TPSA) is 67.2 Å². The molecule has 4 heteroatoms. The number of hydrogen-bond donors (Lipinski definition) is 3. The zero-order valence-electron chi connectivity index (χ0n) is 6.76. The summed E-state index contributed by atoms with van der Waals surface area (Å²) in [4.78, 5) is 10.7. The predicted molar refractivity (Wildman–Crippen MR) is 45.3 cm³/mol. The van der Waals surface area contributed by atoms with Gasteiger partial charge < -0.3 is 16.4 Å². The van der Waals surface area contributed by atoms with Gasteiger partial charge in [0.2, 0.25) is 0 Å². The standard InChI is InChI=1S/C7H15N3O/c1-2-9-7(11)10-6-4-3-5-8/h3-4H,2,5-6,8H2,1H3,(H2,9,10,11)/b4-3+. The minimum atomic E-state index is -0.144. The van der Waals surface area contributed by atoms with Crippen LogP contribution < -0.4 is 16.4 Å². The lowest BCUT2D eigenvalue weighted by atomic mass is 10.5. The summed E-state index contributed by atoms with van der Waals surface area (Å²) in [5.74, 6) is 0. The summed E-state index contributed by atoms with van der Waals surface area (Å²) >= 11 is 0. The van der Waals surface area contributed by atoms with Gasteiger partial charge in [0.25, 0.3) is 0 Å². The van der Waals surface area contributed by atoms with Gasteiger partial charge in [-0.1, -0.05) is 12.2 Å². The number of carbonyl (C=O) groups is 1. The molecule has 4 nitrogen and oxygen atoms in total. The first-order valence-corrected chi connectivity index (χ1v) is 3.68. The zero-order valence-corrected chi connectivity index (χ0v) is 6.76. The van der Waals surface area contributed by atoms with Crippen LogP contribution in [0.5, 0.6) is 0 Å². The van der Waals surface area contributed by atoms with E-state index < -0.39 is 0 Å². The summed E-state index contributed by atoms with van der Waals surface area (Å²) in [6.07, 6.45) is 3.61. The second-order valence-corrected chi connectivity index (χ2v) is 1.95. The summed E-state index contributed by atoms with van der Waals surface area (Å²) in [5.41, 5.74) is 5.19. The fourth-order valence-corrected chi connectivity index (χ4v) is 0.554. The molecule has 0 aromatic rings. The van der Waals surface area contributed by atoms with Gasteiger partial charge in [-0.25, -0.2) is 4.79 Å². The molecule has 0 rings (SSSR count). The van der Waals surface area contributed by atoms with E-state index in [-0.39, 0.29) is 6.03 Å². The van der Waals surface area contributed by atoms with Crippen LogP contribution in [0.15, 0.2) is 12.2 Å². The fourth-order valence-electron chi connectivity index (χ4n) is 0.554. The normalized spacial score (nSPS) is 10.0. The van der Waals surface area contributed by atoms with Gasteiger partial charge in [0.1, 0.15) is 0 Å². The van der Waals surface area contributed by atoms with E-state index in [9.17, 15) is 4.79 Å². The number of urea groups is 1. The third-order valence-corrected chi connectivity index (χ3v) is 1.02. The number of carbonyl (C=O) groups excluding carboxylic acids is 1. The number of nitrogens with two attached hydrogens (primary N) is 1. The van der Waals surface area contributed by atoms with E-state index in [0.29, 0.717) is 19.6 Å². The lowest BCUT2D eigenvalue weighted by Crippen LogP contribution is -2.35. The van der Waals surface area contributed by atoms with E-state index in [1.807, 2.05) is 13.0 Å². The van der Waals surface area contributed by atoms with Crippen molar-refractivity contribution in [2.24, 2.45) is 5.73 Å². The van der Waals surface area contributed by atoms with Gasteiger partial charge in [-0.2, -0.15) is 0 Å². The Morgan fingerprint density at radius 2 is 2.18 bits per heavy atom. The van der Waals surface area contributed by atoms with Crippen LogP contribution in [0.25, 0.3) is 0 Å². The molecule has 0 saturated carbocycles. The smallest absolute Gasteiger partial charge is 0.315 e. The molecule has 0 aromatic heterocycles. The highest BCUT2D eigenvalue weighted by Crippen LogP contribution is 1.68. The molecule has 0 atom stereocenters. The van der Waals surface area contributed by atoms with Crippen LogP contribution in [0.3, 0.4) is 0 Å². The van der Waals surface area contributed by atoms with E-state index in [0.717, 1.165) is 0 Å². The van der Waals surface area contributed by atoms with Gasteiger partial charge in [-0.15, -0.1) is 0 Å². The first-order chi connectivity index (χ1) is 5.31. The molecular weight excluding hydrogens is 142 g/mol. The lowest BCUT2D eigenvalue weighted by molar-refractivity contribution is 0.242. The fraction of sp³-hybridized carbons (Fsp3) is 0.571. The van der Waals surface area contributed by atoms with Crippen molar-refractivity contribution < 1.29 is 4.79 Å². The number of nitrogens with one attached hydrogen (secondary N) is 2. The van der Waals surface area contributed by atoms with E-state index in [1.165, 1.54) is 0 Å². The molecule has 0 unspecified atom stereocenters. The van der Waals surface area contributed by atoms with Crippen molar-refractivity contribution in [3.63, 3.8) is 0 Å². The Bertz CT molecular complexity index is 134. The number of amides is 2. The average Bonchev–Trinajstić information content (AvgIpc) is 1.99. The number of rotatable bonds is 4. The molecule has 0 aliphatic carbocycles. The third kappa shape index (κ3) is 6.86. The summed E-state index contributed by atoms with van der Waals surface area (Å²) in [6.45, 7) is 3.56. The van der Waals surface area contributed by atoms with Crippen LogP contribution in [0.2, 0.25) is 0 Å². The van der Waals surface area contributed by atoms with Crippen molar-refractivity contribution in [3.05, 3.63) is 12.2 Å². The van der Waals surface area contributed by atoms with Gasteiger partial charge in [-0.3, -0.25) is 0 Å². The molecule has 0 bridgehead atoms. The predicted octanol–water partition coefficient (Wildman–Crippen LogP) is -0.180. The third-order valence-electron chi connectivity index (χ3n) is 1.02. The summed E-state index contributed by atoms with van der Waals surface area (Å²) in [7, 11) is 0. The Labute approximate surface area is 66.8 Å². The van der Waals surface area contributed by atoms with Gasteiger partial charge in [0.15, 0.2) is 0 Å². The number of hydrogen-bond acceptors (Lipinski definition) is 2. The van der Waals surface area contributed by atoms with Crippen LogP contribution in [0, 0.1) is 0 Å². The molecule has 4 N–H and O–H groups in total. The Balaban J connectivity index is 3.24. The Morgan fingerprint density at radius 1 is 1.45 bits per heavy atom. The molecule has 2 amide bonds. The van der Waals surface area contributed by atoms with Crippen molar-refractivity contribution in [3.8, 4) is 0 Å². The molecule has 64 valence electrons.